The van der Waals surface area contributed by atoms with Crippen molar-refractivity contribution < 1.29 is 5.11 Å². The van der Waals surface area contributed by atoms with E-state index in [4.69, 9.17) is 5.11 Å². The highest BCUT2D eigenvalue weighted by molar-refractivity contribution is 8.07. The van der Waals surface area contributed by atoms with Crippen LogP contribution < -0.4 is 0 Å². The van der Waals surface area contributed by atoms with Gasteiger partial charge in [-0.25, -0.2) is 0 Å². The van der Waals surface area contributed by atoms with Crippen LogP contribution in [0, 0.1) is 0 Å². The van der Waals surface area contributed by atoms with Gasteiger partial charge in [0.15, 0.2) is 0 Å². The van der Waals surface area contributed by atoms with Crippen molar-refractivity contribution in [2.45, 2.75) is 36.7 Å². The lowest BCUT2D eigenvalue weighted by Crippen LogP contribution is -1.95. The van der Waals surface area contributed by atoms with Gasteiger partial charge in [0.1, 0.15) is 0 Å². The Labute approximate surface area is 60.8 Å². The first-order valence-electron chi connectivity index (χ1n) is 3.64. The second-order valence-corrected chi connectivity index (χ2v) is 4.00. The lowest BCUT2D eigenvalue weighted by Gasteiger charge is -1.90. The largest absolute Gasteiger partial charge is 0.396 e. The van der Waals surface area contributed by atoms with Crippen LogP contribution in [0.15, 0.2) is 0 Å². The van der Waals surface area contributed by atoms with Crippen LogP contribution in [0.4, 0.5) is 0 Å². The summed E-state index contributed by atoms with van der Waals surface area (Å²) in [6.07, 6.45) is 3.64. The van der Waals surface area contributed by atoms with Crippen LogP contribution in [0.5, 0.6) is 0 Å². The molecule has 2 atom stereocenters. The molecule has 0 amide bonds. The highest BCUT2D eigenvalue weighted by atomic mass is 32.2. The summed E-state index contributed by atoms with van der Waals surface area (Å²) in [6, 6.07) is 0. The number of hydrogen-bond acceptors (Lipinski definition) is 2. The Bertz CT molecular complexity index is 75.0. The maximum Gasteiger partial charge on any atom is 0.0441 e. The molecule has 2 heteroatoms. The summed E-state index contributed by atoms with van der Waals surface area (Å²) in [5.74, 6) is 0. The van der Waals surface area contributed by atoms with E-state index >= 15 is 0 Å². The van der Waals surface area contributed by atoms with Gasteiger partial charge in [-0.2, -0.15) is 11.8 Å². The van der Waals surface area contributed by atoms with Gasteiger partial charge in [0.2, 0.25) is 0 Å². The standard InChI is InChI=1S/C7H14OS/c1-2-3-6-7(9-6)4-5-8/h6-8H,2-5H2,1H3. The van der Waals surface area contributed by atoms with Crippen molar-refractivity contribution in [1.82, 2.24) is 0 Å². The van der Waals surface area contributed by atoms with Crippen molar-refractivity contribution in [2.24, 2.45) is 0 Å². The Morgan fingerprint density at radius 2 is 2.00 bits per heavy atom. The Morgan fingerprint density at radius 1 is 1.33 bits per heavy atom. The fourth-order valence-electron chi connectivity index (χ4n) is 1.10. The van der Waals surface area contributed by atoms with E-state index in [1.54, 1.807) is 0 Å². The van der Waals surface area contributed by atoms with Gasteiger partial charge in [0.25, 0.3) is 0 Å². The molecule has 1 nitrogen and oxygen atoms in total. The van der Waals surface area contributed by atoms with Crippen LogP contribution in [-0.2, 0) is 0 Å². The SMILES string of the molecule is CCCC1SC1CCO. The van der Waals surface area contributed by atoms with Crippen molar-refractivity contribution >= 4 is 11.8 Å². The topological polar surface area (TPSA) is 20.2 Å². The van der Waals surface area contributed by atoms with Gasteiger partial charge >= 0.3 is 0 Å². The van der Waals surface area contributed by atoms with Gasteiger partial charge in [-0.1, -0.05) is 13.3 Å². The Morgan fingerprint density at radius 3 is 2.56 bits per heavy atom. The minimum absolute atomic E-state index is 0.373. The number of aliphatic hydroxyl groups is 1. The minimum atomic E-state index is 0.373. The molecule has 0 bridgehead atoms. The van der Waals surface area contributed by atoms with E-state index in [0.29, 0.717) is 6.61 Å². The van der Waals surface area contributed by atoms with Crippen molar-refractivity contribution in [3.63, 3.8) is 0 Å². The zero-order valence-corrected chi connectivity index (χ0v) is 6.66. The van der Waals surface area contributed by atoms with Gasteiger partial charge in [-0.15, -0.1) is 0 Å². The second-order valence-electron chi connectivity index (χ2n) is 2.51. The lowest BCUT2D eigenvalue weighted by atomic mass is 10.2. The zero-order valence-electron chi connectivity index (χ0n) is 5.84. The van der Waals surface area contributed by atoms with Crippen LogP contribution in [0.25, 0.3) is 0 Å². The predicted molar refractivity (Wildman–Crippen MR) is 41.8 cm³/mol. The van der Waals surface area contributed by atoms with E-state index in [2.05, 4.69) is 6.92 Å². The molecule has 1 heterocycles. The Kier molecular flexibility index (Phi) is 2.86. The quantitative estimate of drug-likeness (QED) is 0.609. The van der Waals surface area contributed by atoms with Gasteiger partial charge in [0.05, 0.1) is 0 Å². The van der Waals surface area contributed by atoms with Crippen LogP contribution in [0.2, 0.25) is 0 Å². The van der Waals surface area contributed by atoms with E-state index < -0.39 is 0 Å². The van der Waals surface area contributed by atoms with Gasteiger partial charge in [-0.05, 0) is 12.8 Å². The van der Waals surface area contributed by atoms with E-state index in [9.17, 15) is 0 Å². The number of thioether (sulfide) groups is 1. The molecule has 0 spiro atoms. The first-order valence-corrected chi connectivity index (χ1v) is 4.59. The molecule has 54 valence electrons. The van der Waals surface area contributed by atoms with Crippen molar-refractivity contribution in [2.75, 3.05) is 6.61 Å². The summed E-state index contributed by atoms with van der Waals surface area (Å²) in [5.41, 5.74) is 0. The Balaban J connectivity index is 1.96. The van der Waals surface area contributed by atoms with Crippen LogP contribution in [-0.4, -0.2) is 22.2 Å². The lowest BCUT2D eigenvalue weighted by molar-refractivity contribution is 0.289. The molecular formula is C7H14OS. The highest BCUT2D eigenvalue weighted by Gasteiger charge is 2.35. The third-order valence-electron chi connectivity index (χ3n) is 1.67. The average molecular weight is 146 g/mol. The molecule has 0 aliphatic carbocycles. The van der Waals surface area contributed by atoms with Gasteiger partial charge in [-0.3, -0.25) is 0 Å². The van der Waals surface area contributed by atoms with E-state index in [1.165, 1.54) is 12.8 Å². The number of aliphatic hydroxyl groups excluding tert-OH is 1. The molecular weight excluding hydrogens is 132 g/mol. The first kappa shape index (κ1) is 7.42. The van der Waals surface area contributed by atoms with Crippen molar-refractivity contribution in [1.29, 1.82) is 0 Å². The van der Waals surface area contributed by atoms with Crippen LogP contribution in [0.1, 0.15) is 26.2 Å². The smallest absolute Gasteiger partial charge is 0.0441 e. The number of hydrogen-bond donors (Lipinski definition) is 1. The first-order chi connectivity index (χ1) is 4.38. The summed E-state index contributed by atoms with van der Waals surface area (Å²) in [5, 5.41) is 10.2. The molecule has 9 heavy (non-hydrogen) atoms. The number of rotatable bonds is 4. The van der Waals surface area contributed by atoms with Crippen LogP contribution >= 0.6 is 11.8 Å². The molecule has 1 rings (SSSR count). The molecule has 1 aliphatic rings. The van der Waals surface area contributed by atoms with E-state index in [1.807, 2.05) is 11.8 Å². The normalized spacial score (nSPS) is 32.7. The molecule has 1 saturated heterocycles. The van der Waals surface area contributed by atoms with Gasteiger partial charge < -0.3 is 5.11 Å². The maximum atomic E-state index is 8.55. The fraction of sp³-hybridized carbons (Fsp3) is 1.00. The summed E-state index contributed by atoms with van der Waals surface area (Å²) in [7, 11) is 0. The van der Waals surface area contributed by atoms with Crippen molar-refractivity contribution in [3.8, 4) is 0 Å². The average Bonchev–Trinajstić information content (AvgIpc) is 2.50. The molecule has 0 aromatic carbocycles. The molecule has 0 radical (unpaired) electrons. The summed E-state index contributed by atoms with van der Waals surface area (Å²) in [6.45, 7) is 2.59. The summed E-state index contributed by atoms with van der Waals surface area (Å²) in [4.78, 5) is 0. The van der Waals surface area contributed by atoms with E-state index in [-0.39, 0.29) is 0 Å². The zero-order chi connectivity index (χ0) is 6.69. The highest BCUT2D eigenvalue weighted by Crippen LogP contribution is 2.46. The molecule has 1 fully saturated rings. The minimum Gasteiger partial charge on any atom is -0.396 e. The van der Waals surface area contributed by atoms with Gasteiger partial charge in [0, 0.05) is 17.1 Å². The monoisotopic (exact) mass is 146 g/mol. The summed E-state index contributed by atoms with van der Waals surface area (Å²) < 4.78 is 0. The third kappa shape index (κ3) is 2.18. The molecule has 2 unspecified atom stereocenters. The predicted octanol–water partition coefficient (Wildman–Crippen LogP) is 1.65. The molecule has 1 N–H and O–H groups in total. The second kappa shape index (κ2) is 3.47. The molecule has 0 saturated carbocycles. The fourth-order valence-corrected chi connectivity index (χ4v) is 2.34. The molecule has 0 aromatic rings. The van der Waals surface area contributed by atoms with Crippen LogP contribution in [0.3, 0.4) is 0 Å². The maximum absolute atomic E-state index is 8.55. The van der Waals surface area contributed by atoms with Crippen molar-refractivity contribution in [3.05, 3.63) is 0 Å². The summed E-state index contributed by atoms with van der Waals surface area (Å²) >= 11 is 2.03. The third-order valence-corrected chi connectivity index (χ3v) is 3.19. The van der Waals surface area contributed by atoms with E-state index in [0.717, 1.165) is 16.9 Å². The Hall–Kier alpha value is 0.310. The molecule has 1 aliphatic heterocycles. The molecule has 0 aromatic heterocycles.